The maximum Gasteiger partial charge on any atom is 0.106 e. The lowest BCUT2D eigenvalue weighted by atomic mass is 10.3. The van der Waals surface area contributed by atoms with E-state index in [4.69, 9.17) is 11.5 Å². The van der Waals surface area contributed by atoms with Crippen molar-refractivity contribution in [1.29, 1.82) is 0 Å². The zero-order valence-corrected chi connectivity index (χ0v) is 11.7. The number of rotatable bonds is 5. The van der Waals surface area contributed by atoms with Crippen molar-refractivity contribution < 1.29 is 0 Å². The Bertz CT molecular complexity index is 260. The fourth-order valence-corrected chi connectivity index (χ4v) is 1.39. The molecule has 0 aromatic heterocycles. The van der Waals surface area contributed by atoms with Crippen molar-refractivity contribution in [3.05, 3.63) is 21.7 Å². The smallest absolute Gasteiger partial charge is 0.106 e. The molecule has 5 N–H and O–H groups in total. The molecular weight excluding hydrogens is 359 g/mol. The second-order valence-corrected chi connectivity index (χ2v) is 4.24. The van der Waals surface area contributed by atoms with E-state index >= 15 is 0 Å². The zero-order valence-electron chi connectivity index (χ0n) is 7.93. The van der Waals surface area contributed by atoms with Gasteiger partial charge in [0.1, 0.15) is 4.62 Å². The molecule has 0 saturated heterocycles. The second kappa shape index (κ2) is 8.10. The van der Waals surface area contributed by atoms with Crippen LogP contribution in [0.1, 0.15) is 6.92 Å². The summed E-state index contributed by atoms with van der Waals surface area (Å²) < 4.78 is 1.65. The number of nitrogens with two attached hydrogens (primary N) is 2. The van der Waals surface area contributed by atoms with Crippen LogP contribution in [0.15, 0.2) is 26.7 Å². The maximum absolute atomic E-state index is 5.47. The van der Waals surface area contributed by atoms with E-state index in [1.807, 2.05) is 6.92 Å². The summed E-state index contributed by atoms with van der Waals surface area (Å²) in [7, 11) is 0. The highest BCUT2D eigenvalue weighted by atomic mass is 127. The summed E-state index contributed by atoms with van der Waals surface area (Å²) in [6, 6.07) is 0. The highest BCUT2D eigenvalue weighted by molar-refractivity contribution is 14.1. The van der Waals surface area contributed by atoms with Crippen LogP contribution in [0.3, 0.4) is 0 Å². The minimum atomic E-state index is 0.604. The van der Waals surface area contributed by atoms with E-state index < -0.39 is 0 Å². The Morgan fingerprint density at radius 3 is 2.57 bits per heavy atom. The number of halogens is 2. The van der Waals surface area contributed by atoms with Crippen LogP contribution in [0.2, 0.25) is 0 Å². The van der Waals surface area contributed by atoms with Gasteiger partial charge < -0.3 is 16.8 Å². The summed E-state index contributed by atoms with van der Waals surface area (Å²) in [6.07, 6.45) is 3.02. The number of nitrogens with one attached hydrogen (secondary N) is 1. The molecule has 0 radical (unpaired) electrons. The molecule has 0 rings (SSSR count). The first kappa shape index (κ1) is 13.8. The normalized spacial score (nSPS) is 14.4. The third kappa shape index (κ3) is 5.48. The van der Waals surface area contributed by atoms with Gasteiger partial charge in [-0.25, -0.2) is 0 Å². The molecule has 0 spiro atoms. The minimum Gasteiger partial charge on any atom is -0.404 e. The summed E-state index contributed by atoms with van der Waals surface area (Å²) in [5.74, 6) is 0. The van der Waals surface area contributed by atoms with Crippen molar-refractivity contribution >= 4 is 43.1 Å². The van der Waals surface area contributed by atoms with Gasteiger partial charge in [0.2, 0.25) is 0 Å². The van der Waals surface area contributed by atoms with Crippen molar-refractivity contribution in [2.75, 3.05) is 13.1 Å². The molecule has 80 valence electrons. The monoisotopic (exact) mass is 372 g/mol. The zero-order chi connectivity index (χ0) is 11.0. The molecule has 0 aliphatic heterocycles. The van der Waals surface area contributed by atoms with Crippen LogP contribution in [0.25, 0.3) is 0 Å². The lowest BCUT2D eigenvalue weighted by Crippen LogP contribution is -2.18. The molecule has 0 aliphatic carbocycles. The van der Waals surface area contributed by atoms with Crippen LogP contribution < -0.4 is 16.8 Å². The molecule has 6 heteroatoms. The number of hydrogen-bond donors (Lipinski definition) is 3. The van der Waals surface area contributed by atoms with Crippen LogP contribution in [0.4, 0.5) is 0 Å². The fraction of sp³-hybridized carbons (Fsp3) is 0.375. The van der Waals surface area contributed by atoms with Crippen molar-refractivity contribution in [3.63, 3.8) is 0 Å². The predicted molar refractivity (Wildman–Crippen MR) is 73.5 cm³/mol. The SMILES string of the molecule is CCN=C(Br)C(=CN)CN/C(I)=C\N. The number of hydrogen-bond acceptors (Lipinski definition) is 4. The van der Waals surface area contributed by atoms with E-state index in [9.17, 15) is 0 Å². The van der Waals surface area contributed by atoms with Gasteiger partial charge in [-0.3, -0.25) is 4.99 Å². The van der Waals surface area contributed by atoms with Crippen molar-refractivity contribution in [2.45, 2.75) is 6.92 Å². The lowest BCUT2D eigenvalue weighted by Gasteiger charge is -2.07. The van der Waals surface area contributed by atoms with Crippen LogP contribution >= 0.6 is 38.5 Å². The molecule has 0 amide bonds. The average Bonchev–Trinajstić information content (AvgIpc) is 2.18. The Hall–Kier alpha value is -0.240. The Kier molecular flexibility index (Phi) is 7.96. The van der Waals surface area contributed by atoms with Gasteiger partial charge in [0, 0.05) is 31.1 Å². The van der Waals surface area contributed by atoms with Gasteiger partial charge in [0.05, 0.1) is 3.70 Å². The second-order valence-electron chi connectivity index (χ2n) is 2.33. The van der Waals surface area contributed by atoms with Crippen molar-refractivity contribution in [1.82, 2.24) is 5.32 Å². The molecule has 4 nitrogen and oxygen atoms in total. The molecule has 0 heterocycles. The highest BCUT2D eigenvalue weighted by Crippen LogP contribution is 2.05. The van der Waals surface area contributed by atoms with E-state index in [-0.39, 0.29) is 0 Å². The molecule has 0 aliphatic rings. The van der Waals surface area contributed by atoms with E-state index in [2.05, 4.69) is 48.8 Å². The Morgan fingerprint density at radius 2 is 2.14 bits per heavy atom. The Morgan fingerprint density at radius 1 is 1.50 bits per heavy atom. The van der Waals surface area contributed by atoms with Crippen LogP contribution in [0, 0.1) is 0 Å². The van der Waals surface area contributed by atoms with Gasteiger partial charge in [0.15, 0.2) is 0 Å². The van der Waals surface area contributed by atoms with Crippen LogP contribution in [-0.2, 0) is 0 Å². The first-order valence-corrected chi connectivity index (χ1v) is 5.95. The summed E-state index contributed by atoms with van der Waals surface area (Å²) >= 11 is 5.45. The van der Waals surface area contributed by atoms with Crippen molar-refractivity contribution in [2.24, 2.45) is 16.5 Å². The van der Waals surface area contributed by atoms with E-state index in [1.54, 1.807) is 0 Å². The molecule has 0 unspecified atom stereocenters. The number of aliphatic imine (C=N–C) groups is 1. The fourth-order valence-electron chi connectivity index (χ4n) is 0.680. The van der Waals surface area contributed by atoms with Crippen LogP contribution in [-0.4, -0.2) is 17.7 Å². The van der Waals surface area contributed by atoms with Gasteiger partial charge in [-0.15, -0.1) is 0 Å². The molecule has 14 heavy (non-hydrogen) atoms. The lowest BCUT2D eigenvalue weighted by molar-refractivity contribution is 0.950. The van der Waals surface area contributed by atoms with E-state index in [1.165, 1.54) is 12.4 Å². The molecule has 0 aromatic rings. The highest BCUT2D eigenvalue weighted by Gasteiger charge is 2.02. The quantitative estimate of drug-likeness (QED) is 0.388. The molecule has 0 saturated carbocycles. The largest absolute Gasteiger partial charge is 0.404 e. The third-order valence-electron chi connectivity index (χ3n) is 1.36. The van der Waals surface area contributed by atoms with Gasteiger partial charge in [-0.05, 0) is 45.4 Å². The maximum atomic E-state index is 5.47. The molecular formula is C8H14BrIN4. The minimum absolute atomic E-state index is 0.604. The third-order valence-corrected chi connectivity index (χ3v) is 2.86. The average molecular weight is 373 g/mol. The Labute approximate surface area is 106 Å². The van der Waals surface area contributed by atoms with Gasteiger partial charge in [0.25, 0.3) is 0 Å². The Balaban J connectivity index is 4.26. The molecule has 0 fully saturated rings. The summed E-state index contributed by atoms with van der Waals surface area (Å²) in [5, 5.41) is 3.09. The topological polar surface area (TPSA) is 76.4 Å². The molecule has 0 bridgehead atoms. The summed E-state index contributed by atoms with van der Waals surface area (Å²) in [4.78, 5) is 4.19. The summed E-state index contributed by atoms with van der Waals surface area (Å²) in [6.45, 7) is 3.29. The van der Waals surface area contributed by atoms with Gasteiger partial charge >= 0.3 is 0 Å². The van der Waals surface area contributed by atoms with Crippen LogP contribution in [0.5, 0.6) is 0 Å². The van der Waals surface area contributed by atoms with E-state index in [0.717, 1.165) is 20.4 Å². The van der Waals surface area contributed by atoms with Crippen molar-refractivity contribution in [3.8, 4) is 0 Å². The number of nitrogens with zero attached hydrogens (tertiary/aromatic N) is 1. The van der Waals surface area contributed by atoms with Gasteiger partial charge in [-0.2, -0.15) is 0 Å². The molecule has 0 aromatic carbocycles. The standard InChI is InChI=1S/C8H14BrIN4/c1-2-13-8(9)6(3-11)5-14-7(10)4-12/h3-4,14H,2,5,11-12H2,1H3/b6-3?,7-4-,13-8?. The van der Waals surface area contributed by atoms with Gasteiger partial charge in [-0.1, -0.05) is 0 Å². The molecule has 0 atom stereocenters. The predicted octanol–water partition coefficient (Wildman–Crippen LogP) is 1.42. The first-order valence-electron chi connectivity index (χ1n) is 4.08. The summed E-state index contributed by atoms with van der Waals surface area (Å²) in [5.41, 5.74) is 11.7. The first-order chi connectivity index (χ1) is 6.65. The van der Waals surface area contributed by atoms with E-state index in [0.29, 0.717) is 6.54 Å².